The third kappa shape index (κ3) is 14.2. The molecule has 2 bridgehead atoms. The van der Waals surface area contributed by atoms with Crippen LogP contribution in [0.3, 0.4) is 0 Å². The predicted molar refractivity (Wildman–Crippen MR) is 296 cm³/mol. The number of carbonyl (C=O) groups is 2. The third-order valence-corrected chi connectivity index (χ3v) is 17.9. The van der Waals surface area contributed by atoms with E-state index in [1.54, 1.807) is 23.9 Å². The van der Waals surface area contributed by atoms with Crippen molar-refractivity contribution in [3.8, 4) is 0 Å². The van der Waals surface area contributed by atoms with Crippen LogP contribution >= 0.6 is 23.4 Å². The quantitative estimate of drug-likeness (QED) is 0.0550. The van der Waals surface area contributed by atoms with Crippen LogP contribution in [0.1, 0.15) is 75.7 Å². The van der Waals surface area contributed by atoms with Crippen LogP contribution in [0.25, 0.3) is 5.57 Å². The Morgan fingerprint density at radius 1 is 0.933 bits per heavy atom. The summed E-state index contributed by atoms with van der Waals surface area (Å²) in [4.78, 5) is 50.4. The van der Waals surface area contributed by atoms with E-state index < -0.39 is 32.1 Å². The van der Waals surface area contributed by atoms with Crippen molar-refractivity contribution in [2.24, 2.45) is 5.41 Å². The number of nitro groups is 1. The molecule has 75 heavy (non-hydrogen) atoms. The average Bonchev–Trinajstić information content (AvgIpc) is 4.02. The molecule has 4 saturated heterocycles. The molecular weight excluding hydrogens is 1010 g/mol. The molecule has 4 fully saturated rings. The smallest absolute Gasteiger partial charge is 0.410 e. The number of fused-ring (bicyclic) bond motifs is 2. The molecule has 4 atom stereocenters. The minimum atomic E-state index is -4.48. The highest BCUT2D eigenvalue weighted by Crippen LogP contribution is 2.44. The lowest BCUT2D eigenvalue weighted by Crippen LogP contribution is -2.52. The standard InChI is InChI=1S/C56H71ClN8O8S2/c1-55(2,3)73-54(67)63-30-26-61(27-31-63)39-56(4)22-20-50(40-10-14-43(57)15-11-40)42(34-56)35-60-24-28-62(29-25-60)45-16-12-41(13-17-45)53(66)59-75(70,71)49-18-19-51(52(33-49)65(68)69)58-44(38-74-48-8-6-5-7-9-48)21-23-64-36-47-32-46(64)37-72-47/h5-19,33,44,46-47,58H,20-32,34-39H2,1-4H3,(H,59,66)/t44-,46-,47-,56?/m1/s1. The second kappa shape index (κ2) is 23.6. The minimum absolute atomic E-state index is 0.0737. The molecule has 4 aromatic carbocycles. The topological polar surface area (TPSA) is 170 Å². The Morgan fingerprint density at radius 2 is 1.64 bits per heavy atom. The minimum Gasteiger partial charge on any atom is -0.444 e. The van der Waals surface area contributed by atoms with Gasteiger partial charge in [0, 0.05) is 124 Å². The van der Waals surface area contributed by atoms with Crippen LogP contribution in [-0.4, -0.2) is 160 Å². The summed E-state index contributed by atoms with van der Waals surface area (Å²) < 4.78 is 40.9. The number of likely N-dealkylation sites (tertiary alicyclic amines) is 1. The van der Waals surface area contributed by atoms with Crippen LogP contribution in [0.5, 0.6) is 0 Å². The van der Waals surface area contributed by atoms with Gasteiger partial charge in [-0.05, 0) is 130 Å². The summed E-state index contributed by atoms with van der Waals surface area (Å²) >= 11 is 7.99. The van der Waals surface area contributed by atoms with Crippen LogP contribution in [0.2, 0.25) is 5.02 Å². The van der Waals surface area contributed by atoms with E-state index in [1.165, 1.54) is 28.8 Å². The van der Waals surface area contributed by atoms with Gasteiger partial charge in [-0.15, -0.1) is 11.8 Å². The zero-order valence-electron chi connectivity index (χ0n) is 43.5. The van der Waals surface area contributed by atoms with Gasteiger partial charge in [-0.25, -0.2) is 17.9 Å². The van der Waals surface area contributed by atoms with Gasteiger partial charge in [0.25, 0.3) is 21.6 Å². The lowest BCUT2D eigenvalue weighted by molar-refractivity contribution is -0.384. The summed E-state index contributed by atoms with van der Waals surface area (Å²) in [5.41, 5.74) is 4.51. The molecule has 9 rings (SSSR count). The Bertz CT molecular complexity index is 2800. The highest BCUT2D eigenvalue weighted by atomic mass is 35.5. The summed E-state index contributed by atoms with van der Waals surface area (Å²) in [7, 11) is -4.48. The number of rotatable bonds is 18. The number of halogens is 1. The number of allylic oxidation sites excluding steroid dienone is 1. The number of nitrogens with zero attached hydrogens (tertiary/aromatic N) is 6. The van der Waals surface area contributed by atoms with Gasteiger partial charge in [-0.2, -0.15) is 0 Å². The maximum Gasteiger partial charge on any atom is 0.410 e. The van der Waals surface area contributed by atoms with Gasteiger partial charge in [-0.3, -0.25) is 29.6 Å². The van der Waals surface area contributed by atoms with E-state index in [1.807, 2.05) is 80.3 Å². The third-order valence-electron chi connectivity index (χ3n) is 15.2. The predicted octanol–water partition coefficient (Wildman–Crippen LogP) is 9.12. The van der Waals surface area contributed by atoms with Crippen molar-refractivity contribution >= 4 is 68.0 Å². The lowest BCUT2D eigenvalue weighted by atomic mass is 9.71. The number of hydrogen-bond donors (Lipinski definition) is 2. The fraction of sp³-hybridized carbons (Fsp3) is 0.500. The fourth-order valence-corrected chi connectivity index (χ4v) is 13.3. The molecule has 2 N–H and O–H groups in total. The molecule has 19 heteroatoms. The number of amides is 2. The molecule has 5 aliphatic rings. The van der Waals surface area contributed by atoms with E-state index in [0.29, 0.717) is 29.9 Å². The Hall–Kier alpha value is -5.21. The first-order valence-electron chi connectivity index (χ1n) is 26.3. The number of hydrogen-bond acceptors (Lipinski definition) is 14. The zero-order valence-corrected chi connectivity index (χ0v) is 45.9. The number of nitrogens with one attached hydrogen (secondary N) is 2. The molecule has 16 nitrogen and oxygen atoms in total. The van der Waals surface area contributed by atoms with E-state index in [2.05, 4.69) is 48.7 Å². The summed E-state index contributed by atoms with van der Waals surface area (Å²) in [5.74, 6) is -0.195. The molecule has 0 radical (unpaired) electrons. The summed E-state index contributed by atoms with van der Waals surface area (Å²) in [6, 6.07) is 29.0. The molecule has 1 unspecified atom stereocenters. The van der Waals surface area contributed by atoms with Crippen molar-refractivity contribution < 1.29 is 32.4 Å². The second-order valence-electron chi connectivity index (χ2n) is 22.1. The maximum atomic E-state index is 13.7. The maximum absolute atomic E-state index is 13.7. The average molecular weight is 1080 g/mol. The van der Waals surface area contributed by atoms with Gasteiger partial charge in [0.15, 0.2) is 0 Å². The lowest BCUT2D eigenvalue weighted by Gasteiger charge is -2.44. The second-order valence-corrected chi connectivity index (χ2v) is 25.3. The molecule has 0 aromatic heterocycles. The molecule has 402 valence electrons. The molecule has 1 aliphatic carbocycles. The zero-order chi connectivity index (χ0) is 52.9. The highest BCUT2D eigenvalue weighted by Gasteiger charge is 2.39. The molecule has 0 spiro atoms. The largest absolute Gasteiger partial charge is 0.444 e. The van der Waals surface area contributed by atoms with Gasteiger partial charge in [0.2, 0.25) is 0 Å². The number of benzene rings is 4. The summed E-state index contributed by atoms with van der Waals surface area (Å²) in [6.07, 6.45) is 4.77. The van der Waals surface area contributed by atoms with E-state index >= 15 is 0 Å². The van der Waals surface area contributed by atoms with E-state index in [4.69, 9.17) is 21.1 Å². The first-order valence-corrected chi connectivity index (χ1v) is 29.1. The van der Waals surface area contributed by atoms with Crippen molar-refractivity contribution in [3.05, 3.63) is 129 Å². The number of piperazine rings is 2. The molecule has 0 saturated carbocycles. The summed E-state index contributed by atoms with van der Waals surface area (Å²) in [5, 5.41) is 16.6. The van der Waals surface area contributed by atoms with Gasteiger partial charge in [0.1, 0.15) is 11.3 Å². The highest BCUT2D eigenvalue weighted by molar-refractivity contribution is 7.99. The number of thioether (sulfide) groups is 1. The van der Waals surface area contributed by atoms with Gasteiger partial charge in [-0.1, -0.05) is 54.4 Å². The van der Waals surface area contributed by atoms with Crippen molar-refractivity contribution in [3.63, 3.8) is 0 Å². The van der Waals surface area contributed by atoms with Crippen molar-refractivity contribution in [2.45, 2.75) is 93.4 Å². The van der Waals surface area contributed by atoms with Crippen molar-refractivity contribution in [1.29, 1.82) is 0 Å². The summed E-state index contributed by atoms with van der Waals surface area (Å²) in [6.45, 7) is 18.5. The van der Waals surface area contributed by atoms with Crippen LogP contribution in [-0.2, 0) is 19.5 Å². The Labute approximate surface area is 451 Å². The van der Waals surface area contributed by atoms with Crippen LogP contribution in [0.4, 0.5) is 21.9 Å². The molecule has 4 aromatic rings. The molecule has 4 heterocycles. The van der Waals surface area contributed by atoms with E-state index in [9.17, 15) is 28.1 Å². The molecule has 4 aliphatic heterocycles. The van der Waals surface area contributed by atoms with E-state index in [0.717, 1.165) is 121 Å². The van der Waals surface area contributed by atoms with Crippen LogP contribution < -0.4 is 14.9 Å². The SMILES string of the molecule is CC1(CN2CCN(C(=O)OC(C)(C)C)CC2)CCC(c2ccc(Cl)cc2)=C(CN2CCN(c3ccc(C(=O)NS(=O)(=O)c4ccc(N[C@H](CCN5C[C@H]6C[C@@H]5CO6)CSc5ccccc5)c([N+](=O)[O-])c4)cc3)CC2)C1. The fourth-order valence-electron chi connectivity index (χ4n) is 11.2. The number of carbonyl (C=O) groups excluding carboxylic acids is 2. The van der Waals surface area contributed by atoms with Crippen LogP contribution in [0.15, 0.2) is 112 Å². The number of nitro benzene ring substituents is 1. The molecular formula is C56H71ClN8O8S2. The normalized spacial score (nSPS) is 22.3. The number of anilines is 2. The monoisotopic (exact) mass is 1080 g/mol. The van der Waals surface area contributed by atoms with Gasteiger partial charge >= 0.3 is 6.09 Å². The van der Waals surface area contributed by atoms with E-state index in [-0.39, 0.29) is 39.8 Å². The first kappa shape index (κ1) is 54.6. The number of morpholine rings is 1. The van der Waals surface area contributed by atoms with Gasteiger partial charge < -0.3 is 24.6 Å². The Balaban J connectivity index is 0.796. The number of sulfonamides is 1. The first-order chi connectivity index (χ1) is 35.8. The van der Waals surface area contributed by atoms with Gasteiger partial charge in [0.05, 0.1) is 22.5 Å². The Kier molecular flexibility index (Phi) is 17.2. The van der Waals surface area contributed by atoms with Crippen LogP contribution in [0, 0.1) is 15.5 Å². The van der Waals surface area contributed by atoms with Crippen molar-refractivity contribution in [1.82, 2.24) is 24.3 Å². The van der Waals surface area contributed by atoms with Crippen molar-refractivity contribution in [2.75, 3.05) is 101 Å². The Morgan fingerprint density at radius 3 is 2.29 bits per heavy atom. The number of ether oxygens (including phenoxy) is 2. The molecule has 2 amide bonds.